The summed E-state index contributed by atoms with van der Waals surface area (Å²) in [7, 11) is 0. The number of benzene rings is 9. The van der Waals surface area contributed by atoms with Gasteiger partial charge in [0.2, 0.25) is 0 Å². The predicted octanol–water partition coefficient (Wildman–Crippen LogP) is 17.1. The van der Waals surface area contributed by atoms with E-state index in [0.29, 0.717) is 0 Å². The molecular weight excluding hydrogens is 809 g/mol. The molecule has 0 radical (unpaired) electrons. The van der Waals surface area contributed by atoms with Gasteiger partial charge in [-0.2, -0.15) is 0 Å². The highest BCUT2D eigenvalue weighted by Crippen LogP contribution is 2.63. The van der Waals surface area contributed by atoms with Gasteiger partial charge >= 0.3 is 0 Å². The zero-order valence-electron chi connectivity index (χ0n) is 38.2. The van der Waals surface area contributed by atoms with Crippen LogP contribution < -0.4 is 0 Å². The van der Waals surface area contributed by atoms with Crippen molar-refractivity contribution in [1.29, 1.82) is 0 Å². The van der Waals surface area contributed by atoms with Crippen molar-refractivity contribution in [2.24, 2.45) is 4.99 Å². The van der Waals surface area contributed by atoms with Crippen molar-refractivity contribution in [2.75, 3.05) is 0 Å². The maximum Gasteiger partial charge on any atom is 0.0758 e. The fourth-order valence-corrected chi connectivity index (χ4v) is 11.4. The van der Waals surface area contributed by atoms with Crippen LogP contribution in [0.15, 0.2) is 235 Å². The van der Waals surface area contributed by atoms with E-state index in [1.54, 1.807) is 0 Å². The van der Waals surface area contributed by atoms with Gasteiger partial charge in [-0.3, -0.25) is 0 Å². The summed E-state index contributed by atoms with van der Waals surface area (Å²) in [5, 5.41) is 2.50. The van der Waals surface area contributed by atoms with Crippen molar-refractivity contribution < 1.29 is 0 Å². The Morgan fingerprint density at radius 3 is 1.61 bits per heavy atom. The van der Waals surface area contributed by atoms with Crippen LogP contribution in [0.5, 0.6) is 0 Å². The van der Waals surface area contributed by atoms with E-state index >= 15 is 0 Å². The fraction of sp³-hybridized carbons (Fsp3) is 0.0923. The van der Waals surface area contributed by atoms with Gasteiger partial charge in [-0.1, -0.05) is 214 Å². The molecule has 2 heteroatoms. The standard InChI is InChI=1S/C65H50N2/c1-4-21-61(49-27-20-26-48(40-49)45-24-10-7-11-25-45)66-64(47-38-36-46(37-39-47)44-22-8-6-9-23-44)50(5-2)43(3)67-62-35-19-15-31-54(62)56-41-60-55(42-63(56)67)53-30-14-18-34-59(53)65(60)57-32-16-12-28-51(57)52-29-13-17-33-58(52)65/h6-42H,4-5H2,1-3H3/b50-43+,61-21-,66-64-. The molecule has 2 nitrogen and oxygen atoms in total. The molecule has 0 aliphatic heterocycles. The Morgan fingerprint density at radius 2 is 0.985 bits per heavy atom. The molecule has 1 spiro atoms. The third-order valence-electron chi connectivity index (χ3n) is 14.4. The number of hydrogen-bond acceptors (Lipinski definition) is 1. The largest absolute Gasteiger partial charge is 0.313 e. The monoisotopic (exact) mass is 858 g/mol. The summed E-state index contributed by atoms with van der Waals surface area (Å²) in [5.41, 5.74) is 23.9. The maximum atomic E-state index is 5.79. The van der Waals surface area contributed by atoms with Crippen LogP contribution in [0, 0.1) is 0 Å². The Hall–Kier alpha value is -8.07. The van der Waals surface area contributed by atoms with Gasteiger partial charge in [-0.15, -0.1) is 0 Å². The molecule has 0 saturated heterocycles. The molecular formula is C65H50N2. The SMILES string of the molecule is CC\C=C(/N=C(\C(CC)=C(/C)n1c2ccccc2c2cc3c(cc21)-c1ccccc1C31c2ccccc2-c2ccccc21)c1ccc(-c2ccccc2)cc1)c1cccc(-c2ccccc2)c1. The first-order chi connectivity index (χ1) is 33.1. The number of nitrogens with zero attached hydrogens (tertiary/aromatic N) is 2. The van der Waals surface area contributed by atoms with Crippen LogP contribution in [0.1, 0.15) is 67.0 Å². The molecule has 1 aromatic heterocycles. The van der Waals surface area contributed by atoms with Gasteiger partial charge in [0.05, 0.1) is 27.9 Å². The molecule has 2 aliphatic rings. The lowest BCUT2D eigenvalue weighted by Gasteiger charge is -2.30. The second kappa shape index (κ2) is 16.4. The highest BCUT2D eigenvalue weighted by molar-refractivity contribution is 6.19. The van der Waals surface area contributed by atoms with Crippen molar-refractivity contribution >= 4 is 38.9 Å². The highest BCUT2D eigenvalue weighted by atomic mass is 15.0. The summed E-state index contributed by atoms with van der Waals surface area (Å²) in [6.45, 7) is 6.80. The lowest BCUT2D eigenvalue weighted by atomic mass is 9.70. The molecule has 0 atom stereocenters. The summed E-state index contributed by atoms with van der Waals surface area (Å²) in [6.07, 6.45) is 3.92. The topological polar surface area (TPSA) is 17.3 Å². The van der Waals surface area contributed by atoms with Gasteiger partial charge in [0, 0.05) is 27.6 Å². The van der Waals surface area contributed by atoms with E-state index in [4.69, 9.17) is 4.99 Å². The molecule has 0 N–H and O–H groups in total. The molecule has 0 bridgehead atoms. The van der Waals surface area contributed by atoms with E-state index in [1.807, 2.05) is 0 Å². The lowest BCUT2D eigenvalue weighted by molar-refractivity contribution is 0.795. The molecule has 1 heterocycles. The zero-order chi connectivity index (χ0) is 45.1. The summed E-state index contributed by atoms with van der Waals surface area (Å²) in [5.74, 6) is 0. The first-order valence-electron chi connectivity index (χ1n) is 23.8. The molecule has 2 aliphatic carbocycles. The molecule has 10 aromatic rings. The smallest absolute Gasteiger partial charge is 0.0758 e. The molecule has 0 unspecified atom stereocenters. The lowest BCUT2D eigenvalue weighted by Crippen LogP contribution is -2.25. The third-order valence-corrected chi connectivity index (χ3v) is 14.4. The minimum atomic E-state index is -0.415. The fourth-order valence-electron chi connectivity index (χ4n) is 11.4. The van der Waals surface area contributed by atoms with Gasteiger partial charge in [-0.25, -0.2) is 4.99 Å². The predicted molar refractivity (Wildman–Crippen MR) is 283 cm³/mol. The van der Waals surface area contributed by atoms with Gasteiger partial charge in [0.15, 0.2) is 0 Å². The van der Waals surface area contributed by atoms with Gasteiger partial charge < -0.3 is 4.57 Å². The average molecular weight is 859 g/mol. The summed E-state index contributed by atoms with van der Waals surface area (Å²) in [6, 6.07) is 80.5. The molecule has 0 saturated carbocycles. The minimum absolute atomic E-state index is 0.415. The van der Waals surface area contributed by atoms with Crippen molar-refractivity contribution in [2.45, 2.75) is 39.0 Å². The van der Waals surface area contributed by atoms with E-state index < -0.39 is 5.41 Å². The minimum Gasteiger partial charge on any atom is -0.313 e. The van der Waals surface area contributed by atoms with E-state index in [-0.39, 0.29) is 0 Å². The van der Waals surface area contributed by atoms with E-state index in [9.17, 15) is 0 Å². The van der Waals surface area contributed by atoms with Gasteiger partial charge in [-0.05, 0) is 116 Å². The zero-order valence-corrected chi connectivity index (χ0v) is 38.2. The summed E-state index contributed by atoms with van der Waals surface area (Å²) >= 11 is 0. The van der Waals surface area contributed by atoms with Crippen LogP contribution in [-0.4, -0.2) is 10.3 Å². The first-order valence-corrected chi connectivity index (χ1v) is 23.8. The normalized spacial score (nSPS) is 14.0. The number of rotatable bonds is 9. The Morgan fingerprint density at radius 1 is 0.448 bits per heavy atom. The molecule has 12 rings (SSSR count). The molecule has 0 amide bonds. The number of fused-ring (bicyclic) bond motifs is 13. The number of para-hydroxylation sites is 1. The molecule has 67 heavy (non-hydrogen) atoms. The number of allylic oxidation sites excluding steroid dienone is 3. The molecule has 0 fully saturated rings. The van der Waals surface area contributed by atoms with Crippen molar-refractivity contribution in [3.8, 4) is 44.5 Å². The number of aliphatic imine (C=N–C) groups is 1. The van der Waals surface area contributed by atoms with Crippen LogP contribution in [-0.2, 0) is 5.41 Å². The second-order valence-electron chi connectivity index (χ2n) is 17.9. The Bertz CT molecular complexity index is 3590. The van der Waals surface area contributed by atoms with Crippen LogP contribution in [0.3, 0.4) is 0 Å². The third kappa shape index (κ3) is 6.35. The van der Waals surface area contributed by atoms with Crippen molar-refractivity contribution in [1.82, 2.24) is 4.57 Å². The first kappa shape index (κ1) is 40.4. The van der Waals surface area contributed by atoms with Crippen LogP contribution in [0.25, 0.3) is 77.7 Å². The van der Waals surface area contributed by atoms with E-state index in [2.05, 4.69) is 250 Å². The molecule has 320 valence electrons. The Labute approximate surface area is 393 Å². The number of aromatic nitrogens is 1. The van der Waals surface area contributed by atoms with E-state index in [0.717, 1.165) is 35.4 Å². The summed E-state index contributed by atoms with van der Waals surface area (Å²) < 4.78 is 2.53. The maximum absolute atomic E-state index is 5.79. The van der Waals surface area contributed by atoms with Crippen LogP contribution >= 0.6 is 0 Å². The van der Waals surface area contributed by atoms with Gasteiger partial charge in [0.25, 0.3) is 0 Å². The van der Waals surface area contributed by atoms with E-state index in [1.165, 1.54) is 99.8 Å². The Balaban J connectivity index is 1.10. The van der Waals surface area contributed by atoms with Crippen LogP contribution in [0.2, 0.25) is 0 Å². The Kier molecular flexibility index (Phi) is 9.91. The van der Waals surface area contributed by atoms with Crippen molar-refractivity contribution in [3.63, 3.8) is 0 Å². The quantitative estimate of drug-likeness (QED) is 0.129. The van der Waals surface area contributed by atoms with Crippen molar-refractivity contribution in [3.05, 3.63) is 263 Å². The van der Waals surface area contributed by atoms with Crippen LogP contribution in [0.4, 0.5) is 0 Å². The highest BCUT2D eigenvalue weighted by Gasteiger charge is 2.51. The average Bonchev–Trinajstić information content (AvgIpc) is 3.99. The number of hydrogen-bond donors (Lipinski definition) is 0. The van der Waals surface area contributed by atoms with Gasteiger partial charge in [0.1, 0.15) is 0 Å². The summed E-state index contributed by atoms with van der Waals surface area (Å²) in [4.78, 5) is 5.79. The molecule has 9 aromatic carbocycles. The second-order valence-corrected chi connectivity index (χ2v) is 17.9.